The Morgan fingerprint density at radius 2 is 1.86 bits per heavy atom. The predicted molar refractivity (Wildman–Crippen MR) is 88.8 cm³/mol. The van der Waals surface area contributed by atoms with Crippen LogP contribution in [0.4, 0.5) is 0 Å². The highest BCUT2D eigenvalue weighted by atomic mass is 15.2. The second-order valence-electron chi connectivity index (χ2n) is 7.28. The first kappa shape index (κ1) is 15.1. The zero-order valence-corrected chi connectivity index (χ0v) is 13.4. The summed E-state index contributed by atoms with van der Waals surface area (Å²) < 4.78 is 0. The number of hydrazine groups is 1. The molecule has 4 unspecified atom stereocenters. The molecule has 1 aromatic carbocycles. The van der Waals surface area contributed by atoms with Crippen LogP contribution in [0.2, 0.25) is 0 Å². The Kier molecular flexibility index (Phi) is 4.97. The highest BCUT2D eigenvalue weighted by Crippen LogP contribution is 2.43. The molecule has 2 heteroatoms. The normalized spacial score (nSPS) is 30.7. The second kappa shape index (κ2) is 6.93. The van der Waals surface area contributed by atoms with Crippen molar-refractivity contribution in [3.8, 4) is 0 Å². The Balaban J connectivity index is 1.65. The van der Waals surface area contributed by atoms with Gasteiger partial charge >= 0.3 is 0 Å². The molecule has 0 aliphatic heterocycles. The van der Waals surface area contributed by atoms with Crippen LogP contribution in [0.5, 0.6) is 0 Å². The number of nitrogens with one attached hydrogen (secondary N) is 1. The standard InChI is InChI=1S/C19H30N2/c1-14-6-2-3-8-16(14)13-19(21-20)18-11-10-15-7-4-5-9-17(15)12-18/h2-3,6,8,15,17-19,21H,4-5,7,9-13,20H2,1H3. The average molecular weight is 286 g/mol. The minimum Gasteiger partial charge on any atom is -0.271 e. The lowest BCUT2D eigenvalue weighted by Crippen LogP contribution is -2.45. The Morgan fingerprint density at radius 1 is 1.10 bits per heavy atom. The SMILES string of the molecule is Cc1ccccc1CC(NN)C1CCC2CCCCC2C1. The largest absolute Gasteiger partial charge is 0.271 e. The van der Waals surface area contributed by atoms with E-state index >= 15 is 0 Å². The van der Waals surface area contributed by atoms with E-state index < -0.39 is 0 Å². The fourth-order valence-electron chi connectivity index (χ4n) is 4.71. The van der Waals surface area contributed by atoms with Crippen LogP contribution in [-0.4, -0.2) is 6.04 Å². The Bertz CT molecular complexity index is 457. The van der Waals surface area contributed by atoms with Crippen LogP contribution >= 0.6 is 0 Å². The van der Waals surface area contributed by atoms with Gasteiger partial charge < -0.3 is 0 Å². The minimum absolute atomic E-state index is 0.439. The van der Waals surface area contributed by atoms with Crippen LogP contribution in [0.15, 0.2) is 24.3 Å². The number of fused-ring (bicyclic) bond motifs is 1. The fourth-order valence-corrected chi connectivity index (χ4v) is 4.71. The van der Waals surface area contributed by atoms with Crippen molar-refractivity contribution < 1.29 is 0 Å². The maximum atomic E-state index is 5.92. The summed E-state index contributed by atoms with van der Waals surface area (Å²) in [5, 5.41) is 0. The van der Waals surface area contributed by atoms with Crippen LogP contribution in [0.1, 0.15) is 56.1 Å². The van der Waals surface area contributed by atoms with Gasteiger partial charge in [0.25, 0.3) is 0 Å². The third kappa shape index (κ3) is 3.49. The van der Waals surface area contributed by atoms with Gasteiger partial charge in [0.05, 0.1) is 0 Å². The molecule has 2 aliphatic rings. The molecule has 4 atom stereocenters. The summed E-state index contributed by atoms with van der Waals surface area (Å²) in [6.45, 7) is 2.21. The van der Waals surface area contributed by atoms with Crippen molar-refractivity contribution in [3.63, 3.8) is 0 Å². The second-order valence-corrected chi connectivity index (χ2v) is 7.28. The van der Waals surface area contributed by atoms with Crippen LogP contribution in [-0.2, 0) is 6.42 Å². The molecular formula is C19H30N2. The predicted octanol–water partition coefficient (Wildman–Crippen LogP) is 3.98. The van der Waals surface area contributed by atoms with Crippen molar-refractivity contribution >= 4 is 0 Å². The van der Waals surface area contributed by atoms with Crippen LogP contribution < -0.4 is 11.3 Å². The lowest BCUT2D eigenvalue weighted by atomic mass is 9.65. The third-order valence-electron chi connectivity index (χ3n) is 6.06. The molecule has 0 saturated heterocycles. The van der Waals surface area contributed by atoms with E-state index in [1.54, 1.807) is 0 Å². The van der Waals surface area contributed by atoms with E-state index in [4.69, 9.17) is 5.84 Å². The molecule has 0 heterocycles. The maximum absolute atomic E-state index is 5.92. The van der Waals surface area contributed by atoms with Gasteiger partial charge in [0.1, 0.15) is 0 Å². The van der Waals surface area contributed by atoms with Crippen LogP contribution in [0, 0.1) is 24.7 Å². The van der Waals surface area contributed by atoms with E-state index in [-0.39, 0.29) is 0 Å². The number of benzene rings is 1. The van der Waals surface area contributed by atoms with Gasteiger partial charge in [-0.25, -0.2) is 0 Å². The first-order valence-corrected chi connectivity index (χ1v) is 8.78. The lowest BCUT2D eigenvalue weighted by molar-refractivity contribution is 0.109. The summed E-state index contributed by atoms with van der Waals surface area (Å²) in [5.41, 5.74) is 5.99. The summed E-state index contributed by atoms with van der Waals surface area (Å²) in [4.78, 5) is 0. The van der Waals surface area contributed by atoms with Crippen LogP contribution in [0.3, 0.4) is 0 Å². The molecule has 0 spiro atoms. The molecule has 0 radical (unpaired) electrons. The first-order chi connectivity index (χ1) is 10.3. The zero-order valence-electron chi connectivity index (χ0n) is 13.4. The summed E-state index contributed by atoms with van der Waals surface area (Å²) >= 11 is 0. The minimum atomic E-state index is 0.439. The van der Waals surface area contributed by atoms with E-state index in [9.17, 15) is 0 Å². The summed E-state index contributed by atoms with van der Waals surface area (Å²) in [6, 6.07) is 9.17. The summed E-state index contributed by atoms with van der Waals surface area (Å²) in [7, 11) is 0. The molecule has 3 rings (SSSR count). The molecule has 2 nitrogen and oxygen atoms in total. The highest BCUT2D eigenvalue weighted by molar-refractivity contribution is 5.26. The van der Waals surface area contributed by atoms with E-state index in [0.29, 0.717) is 6.04 Å². The van der Waals surface area contributed by atoms with Gasteiger partial charge in [-0.2, -0.15) is 0 Å². The van der Waals surface area contributed by atoms with Crippen molar-refractivity contribution in [2.75, 3.05) is 0 Å². The van der Waals surface area contributed by atoms with Crippen molar-refractivity contribution in [2.24, 2.45) is 23.6 Å². The summed E-state index contributed by atoms with van der Waals surface area (Å²) in [6.07, 6.45) is 11.1. The van der Waals surface area contributed by atoms with Gasteiger partial charge in [-0.05, 0) is 61.5 Å². The van der Waals surface area contributed by atoms with Gasteiger partial charge in [0.15, 0.2) is 0 Å². The first-order valence-electron chi connectivity index (χ1n) is 8.78. The molecule has 0 aromatic heterocycles. The number of aryl methyl sites for hydroxylation is 1. The third-order valence-corrected chi connectivity index (χ3v) is 6.06. The molecule has 2 aliphatic carbocycles. The van der Waals surface area contributed by atoms with E-state index in [1.807, 2.05) is 0 Å². The van der Waals surface area contributed by atoms with Crippen molar-refractivity contribution in [1.82, 2.24) is 5.43 Å². The molecular weight excluding hydrogens is 256 g/mol. The lowest BCUT2D eigenvalue weighted by Gasteiger charge is -2.42. The number of hydrogen-bond donors (Lipinski definition) is 2. The average Bonchev–Trinajstić information content (AvgIpc) is 2.54. The van der Waals surface area contributed by atoms with Crippen molar-refractivity contribution in [3.05, 3.63) is 35.4 Å². The number of rotatable bonds is 4. The van der Waals surface area contributed by atoms with Crippen molar-refractivity contribution in [1.29, 1.82) is 0 Å². The number of hydrogen-bond acceptors (Lipinski definition) is 2. The molecule has 0 amide bonds. The van der Waals surface area contributed by atoms with E-state index in [0.717, 1.165) is 24.2 Å². The molecule has 2 saturated carbocycles. The molecule has 21 heavy (non-hydrogen) atoms. The van der Waals surface area contributed by atoms with Crippen molar-refractivity contribution in [2.45, 2.75) is 64.3 Å². The quantitative estimate of drug-likeness (QED) is 0.649. The topological polar surface area (TPSA) is 38.0 Å². The smallest absolute Gasteiger partial charge is 0.0279 e. The zero-order chi connectivity index (χ0) is 14.7. The molecule has 116 valence electrons. The Morgan fingerprint density at radius 3 is 2.62 bits per heavy atom. The number of nitrogens with two attached hydrogens (primary N) is 1. The van der Waals surface area contributed by atoms with Gasteiger partial charge in [-0.15, -0.1) is 0 Å². The Hall–Kier alpha value is -0.860. The van der Waals surface area contributed by atoms with Crippen LogP contribution in [0.25, 0.3) is 0 Å². The van der Waals surface area contributed by atoms with E-state index in [1.165, 1.54) is 56.1 Å². The fraction of sp³-hybridized carbons (Fsp3) is 0.684. The van der Waals surface area contributed by atoms with Gasteiger partial charge in [-0.3, -0.25) is 11.3 Å². The van der Waals surface area contributed by atoms with Gasteiger partial charge in [0, 0.05) is 6.04 Å². The summed E-state index contributed by atoms with van der Waals surface area (Å²) in [5.74, 6) is 8.68. The molecule has 2 fully saturated rings. The molecule has 0 bridgehead atoms. The molecule has 1 aromatic rings. The monoisotopic (exact) mass is 286 g/mol. The molecule has 3 N–H and O–H groups in total. The highest BCUT2D eigenvalue weighted by Gasteiger charge is 2.35. The van der Waals surface area contributed by atoms with Gasteiger partial charge in [0.2, 0.25) is 0 Å². The van der Waals surface area contributed by atoms with E-state index in [2.05, 4.69) is 36.6 Å². The maximum Gasteiger partial charge on any atom is 0.0279 e. The van der Waals surface area contributed by atoms with Gasteiger partial charge in [-0.1, -0.05) is 49.9 Å². The Labute approximate surface area is 129 Å².